The maximum atomic E-state index is 12.2. The molecule has 0 spiro atoms. The maximum Gasteiger partial charge on any atom is 0.270 e. The number of morpholine rings is 1. The van der Waals surface area contributed by atoms with Crippen LogP contribution in [0.2, 0.25) is 0 Å². The normalized spacial score (nSPS) is 14.4. The summed E-state index contributed by atoms with van der Waals surface area (Å²) in [5.74, 6) is 0. The first-order valence-electron chi connectivity index (χ1n) is 9.10. The summed E-state index contributed by atoms with van der Waals surface area (Å²) in [6.07, 6.45) is 5.19. The lowest BCUT2D eigenvalue weighted by molar-refractivity contribution is 0.122. The highest BCUT2D eigenvalue weighted by atomic mass is 32.2. The molecule has 3 rings (SSSR count). The number of hydrogen-bond donors (Lipinski definition) is 0. The summed E-state index contributed by atoms with van der Waals surface area (Å²) in [6, 6.07) is 17.4. The summed E-state index contributed by atoms with van der Waals surface area (Å²) in [5.41, 5.74) is 3.32. The minimum absolute atomic E-state index is 0.189. The Morgan fingerprint density at radius 3 is 2.21 bits per heavy atom. The van der Waals surface area contributed by atoms with E-state index in [-0.39, 0.29) is 4.90 Å². The van der Waals surface area contributed by atoms with Crippen LogP contribution in [0.5, 0.6) is 0 Å². The molecule has 0 N–H and O–H groups in total. The third-order valence-corrected chi connectivity index (χ3v) is 6.54. The molecule has 0 atom stereocenters. The number of anilines is 2. The van der Waals surface area contributed by atoms with Crippen molar-refractivity contribution in [3.8, 4) is 12.5 Å². The van der Waals surface area contributed by atoms with Gasteiger partial charge in [-0.3, -0.25) is 0 Å². The highest BCUT2D eigenvalue weighted by molar-refractivity contribution is 7.89. The van der Waals surface area contributed by atoms with Crippen molar-refractivity contribution < 1.29 is 13.2 Å². The van der Waals surface area contributed by atoms with E-state index >= 15 is 0 Å². The van der Waals surface area contributed by atoms with Crippen LogP contribution in [-0.4, -0.2) is 53.1 Å². The molecule has 1 saturated heterocycles. The third-order valence-electron chi connectivity index (χ3n) is 4.85. The number of sulfonamides is 1. The smallest absolute Gasteiger partial charge is 0.270 e. The molecule has 0 bridgehead atoms. The quantitative estimate of drug-likeness (QED) is 0.551. The molecule has 148 valence electrons. The minimum atomic E-state index is -3.63. The zero-order valence-corrected chi connectivity index (χ0v) is 17.0. The molecule has 0 unspecified atom stereocenters. The predicted octanol–water partition coefficient (Wildman–Crippen LogP) is 2.37. The van der Waals surface area contributed by atoms with E-state index in [1.54, 1.807) is 12.1 Å². The molecule has 1 fully saturated rings. The van der Waals surface area contributed by atoms with Crippen molar-refractivity contribution in [3.05, 3.63) is 54.1 Å². The topological polar surface area (TPSA) is 53.1 Å². The Bertz CT molecular complexity index is 928. The van der Waals surface area contributed by atoms with Crippen LogP contribution in [0.4, 0.5) is 11.4 Å². The second-order valence-corrected chi connectivity index (χ2v) is 8.69. The molecule has 2 aromatic rings. The Labute approximate surface area is 167 Å². The zero-order valence-electron chi connectivity index (χ0n) is 16.2. The minimum Gasteiger partial charge on any atom is -0.378 e. The van der Waals surface area contributed by atoms with Crippen LogP contribution in [-0.2, 0) is 21.3 Å². The van der Waals surface area contributed by atoms with E-state index in [0.29, 0.717) is 6.54 Å². The molecule has 0 radical (unpaired) electrons. The molecule has 6 nitrogen and oxygen atoms in total. The monoisotopic (exact) mass is 399 g/mol. The van der Waals surface area contributed by atoms with Crippen LogP contribution < -0.4 is 9.80 Å². The van der Waals surface area contributed by atoms with Crippen LogP contribution in [0.15, 0.2) is 53.4 Å². The molecule has 2 aromatic carbocycles. The number of hydrogen-bond acceptors (Lipinski definition) is 5. The van der Waals surface area contributed by atoms with Crippen LogP contribution in [0.1, 0.15) is 5.56 Å². The Balaban J connectivity index is 1.66. The molecule has 1 heterocycles. The fraction of sp³-hybridized carbons (Fsp3) is 0.333. The summed E-state index contributed by atoms with van der Waals surface area (Å²) >= 11 is 0. The Morgan fingerprint density at radius 2 is 1.64 bits per heavy atom. The first-order chi connectivity index (χ1) is 13.4. The van der Waals surface area contributed by atoms with Gasteiger partial charge in [-0.1, -0.05) is 18.6 Å². The average Bonchev–Trinajstić information content (AvgIpc) is 2.74. The SMILES string of the molecule is C#CN(C)S(=O)(=O)c1ccc(CN(C)c2ccc(N3CCOCC3)cc2)cc1. The van der Waals surface area contributed by atoms with E-state index in [0.717, 1.165) is 41.9 Å². The largest absolute Gasteiger partial charge is 0.378 e. The van der Waals surface area contributed by atoms with Crippen LogP contribution in [0.25, 0.3) is 0 Å². The van der Waals surface area contributed by atoms with Gasteiger partial charge in [-0.15, -0.1) is 0 Å². The van der Waals surface area contributed by atoms with E-state index in [9.17, 15) is 8.42 Å². The maximum absolute atomic E-state index is 12.2. The molecular formula is C21H25N3O3S. The lowest BCUT2D eigenvalue weighted by Crippen LogP contribution is -2.36. The van der Waals surface area contributed by atoms with Crippen molar-refractivity contribution in [1.82, 2.24) is 4.31 Å². The fourth-order valence-corrected chi connectivity index (χ4v) is 4.03. The van der Waals surface area contributed by atoms with Crippen LogP contribution >= 0.6 is 0 Å². The standard InChI is InChI=1S/C21H25N3O3S/c1-4-23(3)28(25,26)21-11-5-18(6-12-21)17-22(2)19-7-9-20(10-8-19)24-13-15-27-16-14-24/h1,5-12H,13-17H2,2-3H3. The Kier molecular flexibility index (Phi) is 6.12. The molecule has 7 heteroatoms. The molecular weight excluding hydrogens is 374 g/mol. The number of benzene rings is 2. The number of terminal acetylenes is 1. The zero-order chi connectivity index (χ0) is 20.1. The van der Waals surface area contributed by atoms with E-state index in [4.69, 9.17) is 11.2 Å². The highest BCUT2D eigenvalue weighted by Crippen LogP contribution is 2.23. The summed E-state index contributed by atoms with van der Waals surface area (Å²) in [5, 5.41) is 0. The number of rotatable bonds is 6. The van der Waals surface area contributed by atoms with Gasteiger partial charge < -0.3 is 14.5 Å². The van der Waals surface area contributed by atoms with Crippen molar-refractivity contribution in [1.29, 1.82) is 0 Å². The molecule has 1 aliphatic heterocycles. The van der Waals surface area contributed by atoms with Crippen LogP contribution in [0, 0.1) is 12.5 Å². The lowest BCUT2D eigenvalue weighted by Gasteiger charge is -2.29. The Morgan fingerprint density at radius 1 is 1.04 bits per heavy atom. The van der Waals surface area contributed by atoms with Crippen molar-refractivity contribution in [3.63, 3.8) is 0 Å². The molecule has 0 amide bonds. The first-order valence-corrected chi connectivity index (χ1v) is 10.5. The van der Waals surface area contributed by atoms with Crippen molar-refractivity contribution in [2.24, 2.45) is 0 Å². The first kappa shape index (κ1) is 20.1. The molecule has 28 heavy (non-hydrogen) atoms. The second kappa shape index (κ2) is 8.55. The van der Waals surface area contributed by atoms with Gasteiger partial charge in [0, 0.05) is 51.1 Å². The van der Waals surface area contributed by atoms with Gasteiger partial charge in [-0.25, -0.2) is 12.7 Å². The van der Waals surface area contributed by atoms with Crippen molar-refractivity contribution >= 4 is 21.4 Å². The summed E-state index contributed by atoms with van der Waals surface area (Å²) < 4.78 is 30.8. The van der Waals surface area contributed by atoms with E-state index in [1.807, 2.05) is 19.2 Å². The van der Waals surface area contributed by atoms with Crippen LogP contribution in [0.3, 0.4) is 0 Å². The van der Waals surface area contributed by atoms with E-state index in [1.165, 1.54) is 12.7 Å². The number of ether oxygens (including phenoxy) is 1. The lowest BCUT2D eigenvalue weighted by atomic mass is 10.2. The Hall–Kier alpha value is -2.69. The summed E-state index contributed by atoms with van der Waals surface area (Å²) in [4.78, 5) is 4.63. The second-order valence-electron chi connectivity index (χ2n) is 6.72. The van der Waals surface area contributed by atoms with Gasteiger partial charge >= 0.3 is 0 Å². The third kappa shape index (κ3) is 4.41. The van der Waals surface area contributed by atoms with Gasteiger partial charge in [-0.05, 0) is 42.0 Å². The fourth-order valence-electron chi connectivity index (χ4n) is 3.10. The van der Waals surface area contributed by atoms with Gasteiger partial charge in [-0.2, -0.15) is 0 Å². The van der Waals surface area contributed by atoms with Crippen molar-refractivity contribution in [2.75, 3.05) is 50.2 Å². The molecule has 0 aliphatic carbocycles. The number of nitrogens with zero attached hydrogens (tertiary/aromatic N) is 3. The molecule has 0 saturated carbocycles. The van der Waals surface area contributed by atoms with Crippen molar-refractivity contribution in [2.45, 2.75) is 11.4 Å². The predicted molar refractivity (Wildman–Crippen MR) is 112 cm³/mol. The highest BCUT2D eigenvalue weighted by Gasteiger charge is 2.18. The van der Waals surface area contributed by atoms with Gasteiger partial charge in [0.15, 0.2) is 0 Å². The van der Waals surface area contributed by atoms with E-state index < -0.39 is 10.0 Å². The van der Waals surface area contributed by atoms with Gasteiger partial charge in [0.2, 0.25) is 0 Å². The van der Waals surface area contributed by atoms with Gasteiger partial charge in [0.1, 0.15) is 0 Å². The average molecular weight is 400 g/mol. The van der Waals surface area contributed by atoms with Gasteiger partial charge in [0.25, 0.3) is 10.0 Å². The molecule has 0 aromatic heterocycles. The summed E-state index contributed by atoms with van der Waals surface area (Å²) in [6.45, 7) is 4.04. The van der Waals surface area contributed by atoms with E-state index in [2.05, 4.69) is 40.1 Å². The molecule has 1 aliphatic rings. The summed E-state index contributed by atoms with van der Waals surface area (Å²) in [7, 11) is -0.259. The van der Waals surface area contributed by atoms with Gasteiger partial charge in [0.05, 0.1) is 18.1 Å².